The molecule has 2 aromatic heterocycles. The van der Waals surface area contributed by atoms with Crippen LogP contribution in [-0.2, 0) is 42.7 Å². The summed E-state index contributed by atoms with van der Waals surface area (Å²) in [6, 6.07) is 43.6. The summed E-state index contributed by atoms with van der Waals surface area (Å²) >= 11 is 0. The van der Waals surface area contributed by atoms with E-state index in [2.05, 4.69) is 90.1 Å². The van der Waals surface area contributed by atoms with Crippen LogP contribution in [0.25, 0.3) is 72.7 Å². The van der Waals surface area contributed by atoms with E-state index in [1.807, 2.05) is 80.9 Å². The van der Waals surface area contributed by atoms with E-state index in [0.717, 1.165) is 44.6 Å². The Morgan fingerprint density at radius 3 is 1.89 bits per heavy atom. The van der Waals surface area contributed by atoms with Crippen LogP contribution < -0.4 is 0 Å². The van der Waals surface area contributed by atoms with E-state index in [9.17, 15) is 5.11 Å². The van der Waals surface area contributed by atoms with Gasteiger partial charge in [-0.3, -0.25) is 9.55 Å². The van der Waals surface area contributed by atoms with Crippen molar-refractivity contribution in [2.75, 3.05) is 0 Å². The molecule has 8 aromatic rings. The molecule has 0 saturated heterocycles. The van der Waals surface area contributed by atoms with Crippen LogP contribution in [0.4, 0.5) is 0 Å². The van der Waals surface area contributed by atoms with Crippen molar-refractivity contribution < 1.29 is 38.5 Å². The van der Waals surface area contributed by atoms with Crippen LogP contribution in [0.2, 0.25) is 0 Å². The maximum atomic E-state index is 12.4. The van der Waals surface area contributed by atoms with Crippen LogP contribution in [0.5, 0.6) is 5.75 Å². The second-order valence-corrected chi connectivity index (χ2v) is 20.0. The average Bonchev–Trinajstić information content (AvgIpc) is 3.67. The van der Waals surface area contributed by atoms with Gasteiger partial charge in [0.2, 0.25) is 0 Å². The Morgan fingerprint density at radius 1 is 0.562 bits per heavy atom. The van der Waals surface area contributed by atoms with Gasteiger partial charge in [0.15, 0.2) is 0 Å². The number of rotatable bonds is 6. The van der Waals surface area contributed by atoms with E-state index < -0.39 is 31.4 Å². The van der Waals surface area contributed by atoms with Crippen LogP contribution in [-0.4, -0.2) is 19.6 Å². The minimum atomic E-state index is -3.48. The smallest absolute Gasteiger partial charge is 0.148 e. The fourth-order valence-electron chi connectivity index (χ4n) is 8.28. The molecule has 0 spiro atoms. The number of imidazole rings is 1. The molecular formula is C59H62N3OPt-. The molecule has 0 aliphatic rings. The molecule has 0 saturated carbocycles. The van der Waals surface area contributed by atoms with Crippen molar-refractivity contribution in [3.8, 4) is 67.5 Å². The first-order valence-corrected chi connectivity index (χ1v) is 21.5. The van der Waals surface area contributed by atoms with Gasteiger partial charge in [0.05, 0.1) is 22.3 Å². The van der Waals surface area contributed by atoms with Gasteiger partial charge in [-0.1, -0.05) is 179 Å². The standard InChI is InChI=1S/C59H62N3O.Pt/c1-37-30-48(54(63)49(31-37)59(11,12)13)55-61-53-46(20-17-21-52(53)62(55)51-27-26-44(57(5,6)7)36-47(51)39-18-15-14-16-19-39)41-32-42(34-45(33-41)58(8,9)10)50-35-40(28-29-60-50)38-22-24-43(25-23-38)56(2,3)4;/h14-31,33-36,63H,1-13H3;/q-1;/i5D3,6D3,7D3;. The fourth-order valence-corrected chi connectivity index (χ4v) is 8.28. The summed E-state index contributed by atoms with van der Waals surface area (Å²) in [5.74, 6) is 0.375. The molecule has 6 aromatic carbocycles. The van der Waals surface area contributed by atoms with Crippen molar-refractivity contribution >= 4 is 11.0 Å². The number of phenolic OH excluding ortho intramolecular Hbond substituents is 1. The minimum absolute atomic E-state index is 0. The molecule has 0 radical (unpaired) electrons. The summed E-state index contributed by atoms with van der Waals surface area (Å²) in [6.07, 6.45) is 1.82. The molecule has 4 nitrogen and oxygen atoms in total. The van der Waals surface area contributed by atoms with Gasteiger partial charge in [-0.15, -0.1) is 29.3 Å². The normalized spacial score (nSPS) is 15.1. The quantitative estimate of drug-likeness (QED) is 0.169. The van der Waals surface area contributed by atoms with Crippen LogP contribution in [0.3, 0.4) is 0 Å². The first kappa shape index (κ1) is 35.7. The average molecular weight is 1030 g/mol. The third kappa shape index (κ3) is 9.18. The third-order valence-electron chi connectivity index (χ3n) is 11.9. The number of para-hydroxylation sites is 1. The summed E-state index contributed by atoms with van der Waals surface area (Å²) in [4.78, 5) is 10.3. The molecule has 1 N–H and O–H groups in total. The molecule has 0 aliphatic carbocycles. The maximum Gasteiger partial charge on any atom is 0.148 e. The van der Waals surface area contributed by atoms with Gasteiger partial charge in [-0.05, 0) is 92.3 Å². The molecule has 0 unspecified atom stereocenters. The number of phenols is 1. The van der Waals surface area contributed by atoms with Crippen LogP contribution in [0.15, 0.2) is 134 Å². The monoisotopic (exact) mass is 1030 g/mol. The van der Waals surface area contributed by atoms with E-state index in [1.165, 1.54) is 17.7 Å². The van der Waals surface area contributed by atoms with Crippen LogP contribution in [0, 0.1) is 13.0 Å². The molecule has 8 rings (SSSR count). The molecule has 64 heavy (non-hydrogen) atoms. The van der Waals surface area contributed by atoms with E-state index in [-0.39, 0.29) is 43.2 Å². The summed E-state index contributed by atoms with van der Waals surface area (Å²) in [5, 5.41) is 12.4. The van der Waals surface area contributed by atoms with E-state index in [0.29, 0.717) is 44.8 Å². The number of hydrogen-bond acceptors (Lipinski definition) is 3. The Hall–Kier alpha value is -5.57. The van der Waals surface area contributed by atoms with Gasteiger partial charge in [0, 0.05) is 56.4 Å². The topological polar surface area (TPSA) is 50.9 Å². The zero-order chi connectivity index (χ0) is 52.7. The zero-order valence-corrected chi connectivity index (χ0v) is 40.6. The van der Waals surface area contributed by atoms with Crippen molar-refractivity contribution in [2.45, 2.75) is 111 Å². The molecule has 0 fully saturated rings. The number of aromatic nitrogens is 3. The second-order valence-electron chi connectivity index (χ2n) is 20.0. The van der Waals surface area contributed by atoms with Crippen LogP contribution >= 0.6 is 0 Å². The van der Waals surface area contributed by atoms with Crippen molar-refractivity contribution in [2.24, 2.45) is 0 Å². The fraction of sp³-hybridized carbons (Fsp3) is 0.288. The summed E-state index contributed by atoms with van der Waals surface area (Å²) < 4.78 is 79.2. The first-order chi connectivity index (χ1) is 33.3. The number of aryl methyl sites for hydroxylation is 1. The number of nitrogens with zero attached hydrogens (tertiary/aromatic N) is 3. The van der Waals surface area contributed by atoms with Crippen molar-refractivity contribution in [1.29, 1.82) is 0 Å². The van der Waals surface area contributed by atoms with Gasteiger partial charge < -0.3 is 5.11 Å². The van der Waals surface area contributed by atoms with E-state index >= 15 is 0 Å². The Bertz CT molecular complexity index is 3300. The molecule has 0 aliphatic heterocycles. The van der Waals surface area contributed by atoms with Gasteiger partial charge in [-0.25, -0.2) is 4.98 Å². The van der Waals surface area contributed by atoms with Crippen molar-refractivity contribution in [3.63, 3.8) is 0 Å². The maximum absolute atomic E-state index is 12.4. The minimum Gasteiger partial charge on any atom is -0.507 e. The predicted octanol–water partition coefficient (Wildman–Crippen LogP) is 15.8. The zero-order valence-electron chi connectivity index (χ0n) is 47.3. The Labute approximate surface area is 408 Å². The number of hydrogen-bond donors (Lipinski definition) is 1. The Kier molecular flexibility index (Phi) is 9.55. The number of fused-ring (bicyclic) bond motifs is 1. The van der Waals surface area contributed by atoms with E-state index in [1.54, 1.807) is 30.3 Å². The predicted molar refractivity (Wildman–Crippen MR) is 266 cm³/mol. The summed E-state index contributed by atoms with van der Waals surface area (Å²) in [7, 11) is 0. The third-order valence-corrected chi connectivity index (χ3v) is 11.9. The summed E-state index contributed by atoms with van der Waals surface area (Å²) in [6.45, 7) is 10.6. The molecule has 2 heterocycles. The molecule has 0 amide bonds. The first-order valence-electron chi connectivity index (χ1n) is 26.0. The second kappa shape index (κ2) is 17.1. The van der Waals surface area contributed by atoms with Crippen LogP contribution in [0.1, 0.15) is 123 Å². The van der Waals surface area contributed by atoms with Gasteiger partial charge in [0.25, 0.3) is 0 Å². The van der Waals surface area contributed by atoms with Gasteiger partial charge in [-0.2, -0.15) is 0 Å². The molecule has 330 valence electrons. The van der Waals surface area contributed by atoms with Crippen molar-refractivity contribution in [3.05, 3.63) is 167 Å². The van der Waals surface area contributed by atoms with Gasteiger partial charge in [0.1, 0.15) is 11.6 Å². The number of aromatic hydroxyl groups is 1. The molecule has 0 atom stereocenters. The molecular weight excluding hydrogens is 962 g/mol. The largest absolute Gasteiger partial charge is 0.507 e. The SMILES string of the molecule is [2H]C([2H])([2H])C(c1ccc(-n2c(-c3cc(C)cc(C(C)(C)C)c3O)nc3c(-c4[c-]c(-c5cc(-c6ccc(C(C)(C)C)cc6)ccn5)cc(C(C)(C)C)c4)cccc32)c(-c2ccccc2)c1)(C([2H])([2H])[2H])C([2H])([2H])[2H].[Pt]. The molecule has 0 bridgehead atoms. The van der Waals surface area contributed by atoms with Crippen molar-refractivity contribution in [1.82, 2.24) is 14.5 Å². The molecule has 5 heteroatoms. The Balaban J connectivity index is 0.00000780. The summed E-state index contributed by atoms with van der Waals surface area (Å²) in [5.41, 5.74) is 7.52. The van der Waals surface area contributed by atoms with Gasteiger partial charge >= 0.3 is 0 Å². The van der Waals surface area contributed by atoms with E-state index in [4.69, 9.17) is 22.3 Å². The number of benzene rings is 6. The number of pyridine rings is 1. The Morgan fingerprint density at radius 2 is 1.23 bits per heavy atom.